The van der Waals surface area contributed by atoms with Crippen LogP contribution in [-0.4, -0.2) is 71.9 Å². The lowest BCUT2D eigenvalue weighted by Gasteiger charge is -2.36. The third kappa shape index (κ3) is 4.26. The summed E-state index contributed by atoms with van der Waals surface area (Å²) < 4.78 is 16.9. The predicted molar refractivity (Wildman–Crippen MR) is 134 cm³/mol. The van der Waals surface area contributed by atoms with Crippen LogP contribution in [0.5, 0.6) is 5.75 Å². The molecule has 196 valence electrons. The van der Waals surface area contributed by atoms with E-state index in [1.807, 2.05) is 30.3 Å². The highest BCUT2D eigenvalue weighted by Gasteiger charge is 2.75. The molecule has 37 heavy (non-hydrogen) atoms. The van der Waals surface area contributed by atoms with Crippen molar-refractivity contribution in [1.29, 1.82) is 0 Å². The maximum Gasteiger partial charge on any atom is 0.312 e. The van der Waals surface area contributed by atoms with Crippen molar-refractivity contribution in [2.75, 3.05) is 25.6 Å². The van der Waals surface area contributed by atoms with Crippen LogP contribution in [0.15, 0.2) is 54.6 Å². The molecule has 3 aliphatic rings. The number of nitrogens with one attached hydrogen (secondary N) is 1. The molecule has 5 rings (SSSR count). The molecule has 0 radical (unpaired) electrons. The number of hydrogen-bond donors (Lipinski definition) is 2. The smallest absolute Gasteiger partial charge is 0.312 e. The molecule has 9 heteroatoms. The molecule has 0 aromatic heterocycles. The zero-order valence-electron chi connectivity index (χ0n) is 21.0. The van der Waals surface area contributed by atoms with Gasteiger partial charge in [-0.2, -0.15) is 0 Å². The van der Waals surface area contributed by atoms with Crippen LogP contribution < -0.4 is 10.1 Å². The predicted octanol–water partition coefficient (Wildman–Crippen LogP) is 2.17. The zero-order chi connectivity index (χ0) is 26.2. The van der Waals surface area contributed by atoms with E-state index in [2.05, 4.69) is 5.32 Å². The van der Waals surface area contributed by atoms with E-state index in [1.54, 1.807) is 38.3 Å². The van der Waals surface area contributed by atoms with Crippen molar-refractivity contribution >= 4 is 23.5 Å². The molecular formula is C28H32N2O7. The van der Waals surface area contributed by atoms with E-state index in [0.717, 1.165) is 5.56 Å². The highest BCUT2D eigenvalue weighted by atomic mass is 16.6. The molecule has 3 fully saturated rings. The number of rotatable bonds is 9. The van der Waals surface area contributed by atoms with E-state index in [4.69, 9.17) is 14.2 Å². The summed E-state index contributed by atoms with van der Waals surface area (Å²) in [7, 11) is 1.56. The maximum absolute atomic E-state index is 14.1. The van der Waals surface area contributed by atoms with E-state index in [-0.39, 0.29) is 19.1 Å². The van der Waals surface area contributed by atoms with Crippen molar-refractivity contribution in [2.45, 2.75) is 50.0 Å². The molecule has 2 unspecified atom stereocenters. The van der Waals surface area contributed by atoms with Crippen molar-refractivity contribution in [1.82, 2.24) is 4.90 Å². The number of likely N-dealkylation sites (tertiary alicyclic amines) is 1. The van der Waals surface area contributed by atoms with Gasteiger partial charge in [-0.15, -0.1) is 0 Å². The summed E-state index contributed by atoms with van der Waals surface area (Å²) in [6.45, 7) is 1.56. The van der Waals surface area contributed by atoms with Gasteiger partial charge in [0.05, 0.1) is 44.3 Å². The molecule has 0 aliphatic carbocycles. The highest BCUT2D eigenvalue weighted by Crippen LogP contribution is 2.59. The Labute approximate surface area is 215 Å². The van der Waals surface area contributed by atoms with Crippen LogP contribution in [0.2, 0.25) is 0 Å². The number of hydrogen-bond acceptors (Lipinski definition) is 7. The fourth-order valence-corrected chi connectivity index (χ4v) is 6.31. The first-order valence-electron chi connectivity index (χ1n) is 12.7. The number of ether oxygens (including phenoxy) is 3. The summed E-state index contributed by atoms with van der Waals surface area (Å²) in [5, 5.41) is 13.4. The minimum atomic E-state index is -1.17. The second kappa shape index (κ2) is 10.1. The van der Waals surface area contributed by atoms with Crippen LogP contribution in [0.1, 0.15) is 25.3 Å². The zero-order valence-corrected chi connectivity index (χ0v) is 21.0. The van der Waals surface area contributed by atoms with Crippen molar-refractivity contribution < 1.29 is 33.7 Å². The number of aliphatic hydroxyl groups is 1. The normalized spacial score (nSPS) is 28.6. The fraction of sp³-hybridized carbons (Fsp3) is 0.464. The molecule has 3 aliphatic heterocycles. The standard InChI is InChI=1S/C28H32N2O7/c1-3-36-27(34)22-21-13-14-28(37-21)23(22)26(33)30(19(16-31)15-17-7-5-4-6-8-17)24(28)25(32)29-18-9-11-20(35-2)12-10-18/h4-12,19,21-24,31H,3,13-16H2,1-2H3,(H,29,32)/t19-,21-,22+,23+,24?,28?/m1/s1. The summed E-state index contributed by atoms with van der Waals surface area (Å²) in [5.74, 6) is -2.23. The fourth-order valence-electron chi connectivity index (χ4n) is 6.31. The molecule has 6 atom stereocenters. The lowest BCUT2D eigenvalue weighted by Crippen LogP contribution is -2.56. The number of esters is 1. The Bertz CT molecular complexity index is 1150. The highest BCUT2D eigenvalue weighted by molar-refractivity contribution is 6.03. The largest absolute Gasteiger partial charge is 0.497 e. The van der Waals surface area contributed by atoms with Gasteiger partial charge in [-0.25, -0.2) is 0 Å². The van der Waals surface area contributed by atoms with Gasteiger partial charge in [-0.1, -0.05) is 30.3 Å². The maximum atomic E-state index is 14.1. The molecule has 2 N–H and O–H groups in total. The summed E-state index contributed by atoms with van der Waals surface area (Å²) in [4.78, 5) is 42.4. The van der Waals surface area contributed by atoms with Crippen molar-refractivity contribution in [3.05, 3.63) is 60.2 Å². The molecule has 2 amide bonds. The van der Waals surface area contributed by atoms with Crippen LogP contribution in [-0.2, 0) is 30.3 Å². The summed E-state index contributed by atoms with van der Waals surface area (Å²) >= 11 is 0. The quantitative estimate of drug-likeness (QED) is 0.499. The number of nitrogens with zero attached hydrogens (tertiary/aromatic N) is 1. The van der Waals surface area contributed by atoms with E-state index >= 15 is 0 Å². The Morgan fingerprint density at radius 2 is 1.92 bits per heavy atom. The topological polar surface area (TPSA) is 114 Å². The molecular weight excluding hydrogens is 476 g/mol. The number of amides is 2. The summed E-state index contributed by atoms with van der Waals surface area (Å²) in [5.41, 5.74) is 0.293. The average molecular weight is 509 g/mol. The SMILES string of the molecule is CCOC(=O)[C@@H]1[C@H]2C(=O)N([C@@H](CO)Cc3ccccc3)C(C(=O)Nc3ccc(OC)cc3)C23CC[C@H]1O3. The third-order valence-corrected chi connectivity index (χ3v) is 7.82. The van der Waals surface area contributed by atoms with Crippen molar-refractivity contribution in [3.8, 4) is 5.75 Å². The van der Waals surface area contributed by atoms with Crippen LogP contribution >= 0.6 is 0 Å². The molecule has 3 heterocycles. The molecule has 3 saturated heterocycles. The lowest BCUT2D eigenvalue weighted by atomic mass is 9.70. The summed E-state index contributed by atoms with van der Waals surface area (Å²) in [6, 6.07) is 14.7. The van der Waals surface area contributed by atoms with Gasteiger partial charge in [0, 0.05) is 5.69 Å². The molecule has 9 nitrogen and oxygen atoms in total. The Balaban J connectivity index is 1.52. The van der Waals surface area contributed by atoms with Gasteiger partial charge >= 0.3 is 5.97 Å². The third-order valence-electron chi connectivity index (χ3n) is 7.82. The molecule has 1 spiro atoms. The van der Waals surface area contributed by atoms with Crippen LogP contribution in [0, 0.1) is 11.8 Å². The second-order valence-electron chi connectivity index (χ2n) is 9.80. The average Bonchev–Trinajstić information content (AvgIpc) is 3.56. The lowest BCUT2D eigenvalue weighted by molar-refractivity contribution is -0.155. The number of carbonyl (C=O) groups excluding carboxylic acids is 3. The van der Waals surface area contributed by atoms with E-state index in [9.17, 15) is 19.5 Å². The Kier molecular flexibility index (Phi) is 6.92. The van der Waals surface area contributed by atoms with E-state index in [0.29, 0.717) is 30.7 Å². The van der Waals surface area contributed by atoms with Gasteiger partial charge in [-0.3, -0.25) is 14.4 Å². The van der Waals surface area contributed by atoms with Crippen LogP contribution in [0.25, 0.3) is 0 Å². The number of fused-ring (bicyclic) bond motifs is 1. The van der Waals surface area contributed by atoms with Crippen LogP contribution in [0.4, 0.5) is 5.69 Å². The van der Waals surface area contributed by atoms with Crippen LogP contribution in [0.3, 0.4) is 0 Å². The number of methoxy groups -OCH3 is 1. The summed E-state index contributed by atoms with van der Waals surface area (Å²) in [6.07, 6.45) is 0.889. The minimum Gasteiger partial charge on any atom is -0.497 e. The Morgan fingerprint density at radius 1 is 1.19 bits per heavy atom. The van der Waals surface area contributed by atoms with Crippen molar-refractivity contribution in [3.63, 3.8) is 0 Å². The van der Waals surface area contributed by atoms with Gasteiger partial charge in [0.1, 0.15) is 17.4 Å². The molecule has 0 saturated carbocycles. The van der Waals surface area contributed by atoms with Gasteiger partial charge in [0.15, 0.2) is 0 Å². The van der Waals surface area contributed by atoms with Crippen molar-refractivity contribution in [2.24, 2.45) is 11.8 Å². The van der Waals surface area contributed by atoms with E-state index < -0.39 is 47.5 Å². The monoisotopic (exact) mass is 508 g/mol. The van der Waals surface area contributed by atoms with Gasteiger partial charge in [-0.05, 0) is 56.0 Å². The number of anilines is 1. The Morgan fingerprint density at radius 3 is 2.57 bits per heavy atom. The van der Waals surface area contributed by atoms with Gasteiger partial charge in [0.25, 0.3) is 0 Å². The Hall–Kier alpha value is -3.43. The molecule has 2 aromatic carbocycles. The second-order valence-corrected chi connectivity index (χ2v) is 9.80. The first-order valence-corrected chi connectivity index (χ1v) is 12.7. The molecule has 2 bridgehead atoms. The first kappa shape index (κ1) is 25.2. The van der Waals surface area contributed by atoms with E-state index in [1.165, 1.54) is 4.90 Å². The number of carbonyl (C=O) groups is 3. The van der Waals surface area contributed by atoms with Gasteiger partial charge < -0.3 is 29.5 Å². The first-order chi connectivity index (χ1) is 17.9. The number of benzene rings is 2. The van der Waals surface area contributed by atoms with Gasteiger partial charge in [0.2, 0.25) is 11.8 Å². The minimum absolute atomic E-state index is 0.189. The number of aliphatic hydroxyl groups excluding tert-OH is 1. The molecule has 2 aromatic rings.